The lowest BCUT2D eigenvalue weighted by Crippen LogP contribution is -2.20. The number of rotatable bonds is 3. The second-order valence-electron chi connectivity index (χ2n) is 3.97. The Labute approximate surface area is 96.1 Å². The van der Waals surface area contributed by atoms with E-state index < -0.39 is 0 Å². The number of aromatic nitrogens is 2. The van der Waals surface area contributed by atoms with Gasteiger partial charge >= 0.3 is 0 Å². The highest BCUT2D eigenvalue weighted by Crippen LogP contribution is 2.21. The molecule has 3 nitrogen and oxygen atoms in total. The highest BCUT2D eigenvalue weighted by molar-refractivity contribution is 5.28. The van der Waals surface area contributed by atoms with E-state index in [0.717, 1.165) is 5.69 Å². The highest BCUT2D eigenvalue weighted by Gasteiger charge is 2.15. The third-order valence-corrected chi connectivity index (χ3v) is 2.76. The fourth-order valence-corrected chi connectivity index (χ4v) is 2.03. The van der Waals surface area contributed by atoms with Gasteiger partial charge in [0.15, 0.2) is 0 Å². The SMILES string of the molecule is CNC(c1ccccc1)c1cc(C)nn1C. The molecule has 1 unspecified atom stereocenters. The molecule has 1 aromatic carbocycles. The molecule has 1 aromatic heterocycles. The van der Waals surface area contributed by atoms with Crippen LogP contribution in [0, 0.1) is 6.92 Å². The molecule has 1 heterocycles. The van der Waals surface area contributed by atoms with E-state index in [1.807, 2.05) is 31.8 Å². The lowest BCUT2D eigenvalue weighted by molar-refractivity contribution is 0.605. The summed E-state index contributed by atoms with van der Waals surface area (Å²) < 4.78 is 1.93. The Morgan fingerprint density at radius 3 is 2.44 bits per heavy atom. The van der Waals surface area contributed by atoms with Crippen molar-refractivity contribution < 1.29 is 0 Å². The van der Waals surface area contributed by atoms with E-state index in [0.29, 0.717) is 0 Å². The van der Waals surface area contributed by atoms with Crippen LogP contribution in [-0.2, 0) is 7.05 Å². The lowest BCUT2D eigenvalue weighted by Gasteiger charge is -2.16. The van der Waals surface area contributed by atoms with E-state index >= 15 is 0 Å². The van der Waals surface area contributed by atoms with Crippen molar-refractivity contribution in [3.8, 4) is 0 Å². The summed E-state index contributed by atoms with van der Waals surface area (Å²) in [5.41, 5.74) is 3.49. The van der Waals surface area contributed by atoms with Gasteiger partial charge in [0.05, 0.1) is 17.4 Å². The van der Waals surface area contributed by atoms with Crippen molar-refractivity contribution in [1.29, 1.82) is 0 Å². The van der Waals surface area contributed by atoms with Crippen LogP contribution in [0.1, 0.15) is 23.0 Å². The average molecular weight is 215 g/mol. The molecular weight excluding hydrogens is 198 g/mol. The molecule has 3 heteroatoms. The van der Waals surface area contributed by atoms with Crippen LogP contribution < -0.4 is 5.32 Å². The largest absolute Gasteiger partial charge is 0.308 e. The number of aryl methyl sites for hydroxylation is 2. The maximum absolute atomic E-state index is 4.38. The van der Waals surface area contributed by atoms with Gasteiger partial charge in [-0.15, -0.1) is 0 Å². The topological polar surface area (TPSA) is 29.9 Å². The van der Waals surface area contributed by atoms with Crippen LogP contribution in [0.4, 0.5) is 0 Å². The molecule has 2 rings (SSSR count). The molecular formula is C13H17N3. The quantitative estimate of drug-likeness (QED) is 0.849. The standard InChI is InChI=1S/C13H17N3/c1-10-9-12(16(3)15-10)13(14-2)11-7-5-4-6-8-11/h4-9,13-14H,1-3H3. The van der Waals surface area contributed by atoms with Gasteiger partial charge in [0.1, 0.15) is 0 Å². The molecule has 0 saturated carbocycles. The summed E-state index contributed by atoms with van der Waals surface area (Å²) in [5.74, 6) is 0. The molecule has 0 spiro atoms. The minimum atomic E-state index is 0.201. The molecule has 0 amide bonds. The van der Waals surface area contributed by atoms with Gasteiger partial charge < -0.3 is 5.32 Å². The second-order valence-corrected chi connectivity index (χ2v) is 3.97. The first-order valence-corrected chi connectivity index (χ1v) is 5.45. The molecule has 84 valence electrons. The van der Waals surface area contributed by atoms with E-state index in [4.69, 9.17) is 0 Å². The number of hydrogen-bond acceptors (Lipinski definition) is 2. The Bertz CT molecular complexity index is 459. The Hall–Kier alpha value is -1.61. The minimum absolute atomic E-state index is 0.201. The summed E-state index contributed by atoms with van der Waals surface area (Å²) in [6, 6.07) is 12.7. The summed E-state index contributed by atoms with van der Waals surface area (Å²) in [6.07, 6.45) is 0. The van der Waals surface area contributed by atoms with E-state index in [-0.39, 0.29) is 6.04 Å². The Kier molecular flexibility index (Phi) is 3.06. The van der Waals surface area contributed by atoms with Crippen LogP contribution in [-0.4, -0.2) is 16.8 Å². The third-order valence-electron chi connectivity index (χ3n) is 2.76. The van der Waals surface area contributed by atoms with E-state index in [1.54, 1.807) is 0 Å². The minimum Gasteiger partial charge on any atom is -0.308 e. The molecule has 1 N–H and O–H groups in total. The van der Waals surface area contributed by atoms with Gasteiger partial charge in [-0.1, -0.05) is 30.3 Å². The fraction of sp³-hybridized carbons (Fsp3) is 0.308. The molecule has 0 fully saturated rings. The van der Waals surface area contributed by atoms with Crippen molar-refractivity contribution in [3.63, 3.8) is 0 Å². The normalized spacial score (nSPS) is 12.7. The zero-order valence-corrected chi connectivity index (χ0v) is 9.94. The summed E-state index contributed by atoms with van der Waals surface area (Å²) in [5, 5.41) is 7.71. The molecule has 2 aromatic rings. The molecule has 0 bridgehead atoms. The molecule has 1 atom stereocenters. The van der Waals surface area contributed by atoms with Crippen molar-refractivity contribution in [3.05, 3.63) is 53.3 Å². The number of benzene rings is 1. The Morgan fingerprint density at radius 1 is 1.25 bits per heavy atom. The first-order chi connectivity index (χ1) is 7.72. The van der Waals surface area contributed by atoms with Gasteiger partial charge in [0.25, 0.3) is 0 Å². The first kappa shape index (κ1) is 10.9. The van der Waals surface area contributed by atoms with E-state index in [9.17, 15) is 0 Å². The van der Waals surface area contributed by atoms with Crippen LogP contribution in [0.2, 0.25) is 0 Å². The fourth-order valence-electron chi connectivity index (χ4n) is 2.03. The van der Waals surface area contributed by atoms with Crippen molar-refractivity contribution in [2.45, 2.75) is 13.0 Å². The van der Waals surface area contributed by atoms with Gasteiger partial charge in [-0.3, -0.25) is 4.68 Å². The number of hydrogen-bond donors (Lipinski definition) is 1. The maximum Gasteiger partial charge on any atom is 0.0745 e. The highest BCUT2D eigenvalue weighted by atomic mass is 15.3. The predicted octanol–water partition coefficient (Wildman–Crippen LogP) is 2.04. The molecule has 0 aliphatic rings. The zero-order chi connectivity index (χ0) is 11.5. The zero-order valence-electron chi connectivity index (χ0n) is 9.94. The molecule has 0 aliphatic heterocycles. The molecule has 0 aliphatic carbocycles. The first-order valence-electron chi connectivity index (χ1n) is 5.45. The van der Waals surface area contributed by atoms with Crippen LogP contribution in [0.5, 0.6) is 0 Å². The number of nitrogens with one attached hydrogen (secondary N) is 1. The Morgan fingerprint density at radius 2 is 1.94 bits per heavy atom. The van der Waals surface area contributed by atoms with Crippen molar-refractivity contribution in [1.82, 2.24) is 15.1 Å². The molecule has 0 radical (unpaired) electrons. The predicted molar refractivity (Wildman–Crippen MR) is 65.3 cm³/mol. The monoisotopic (exact) mass is 215 g/mol. The van der Waals surface area contributed by atoms with E-state index in [1.165, 1.54) is 11.3 Å². The lowest BCUT2D eigenvalue weighted by atomic mass is 10.0. The van der Waals surface area contributed by atoms with Crippen LogP contribution in [0.25, 0.3) is 0 Å². The third kappa shape index (κ3) is 1.99. The molecule has 0 saturated heterocycles. The summed E-state index contributed by atoms with van der Waals surface area (Å²) >= 11 is 0. The second kappa shape index (κ2) is 4.49. The van der Waals surface area contributed by atoms with E-state index in [2.05, 4.69) is 40.7 Å². The van der Waals surface area contributed by atoms with Gasteiger partial charge in [0.2, 0.25) is 0 Å². The van der Waals surface area contributed by atoms with Gasteiger partial charge in [0, 0.05) is 7.05 Å². The van der Waals surface area contributed by atoms with Crippen LogP contribution >= 0.6 is 0 Å². The molecule has 16 heavy (non-hydrogen) atoms. The average Bonchev–Trinajstić information content (AvgIpc) is 2.61. The van der Waals surface area contributed by atoms with Crippen molar-refractivity contribution in [2.24, 2.45) is 7.05 Å². The van der Waals surface area contributed by atoms with Gasteiger partial charge in [-0.25, -0.2) is 0 Å². The van der Waals surface area contributed by atoms with Crippen LogP contribution in [0.3, 0.4) is 0 Å². The van der Waals surface area contributed by atoms with Crippen molar-refractivity contribution in [2.75, 3.05) is 7.05 Å². The smallest absolute Gasteiger partial charge is 0.0745 e. The maximum atomic E-state index is 4.38. The summed E-state index contributed by atoms with van der Waals surface area (Å²) in [6.45, 7) is 2.02. The van der Waals surface area contributed by atoms with Crippen LogP contribution in [0.15, 0.2) is 36.4 Å². The number of nitrogens with zero attached hydrogens (tertiary/aromatic N) is 2. The summed E-state index contributed by atoms with van der Waals surface area (Å²) in [7, 11) is 3.95. The van der Waals surface area contributed by atoms with Crippen molar-refractivity contribution >= 4 is 0 Å². The van der Waals surface area contributed by atoms with Gasteiger partial charge in [-0.2, -0.15) is 5.10 Å². The Balaban J connectivity index is 2.40. The van der Waals surface area contributed by atoms with Gasteiger partial charge in [-0.05, 0) is 25.6 Å². The summed E-state index contributed by atoms with van der Waals surface area (Å²) in [4.78, 5) is 0.